The van der Waals surface area contributed by atoms with Crippen LogP contribution in [0.3, 0.4) is 0 Å². The first kappa shape index (κ1) is 22.3. The number of piperazine rings is 1. The van der Waals surface area contributed by atoms with E-state index in [1.807, 2.05) is 0 Å². The van der Waals surface area contributed by atoms with E-state index in [-0.39, 0.29) is 49.8 Å². The highest BCUT2D eigenvalue weighted by molar-refractivity contribution is 7.19. The Bertz CT molecular complexity index is 1170. The van der Waals surface area contributed by atoms with E-state index in [1.165, 1.54) is 15.9 Å². The molecule has 0 aliphatic carbocycles. The lowest BCUT2D eigenvalue weighted by Crippen LogP contribution is -2.50. The number of nitrogens with zero attached hydrogens (tertiary/aromatic N) is 5. The topological polar surface area (TPSA) is 80.0 Å². The van der Waals surface area contributed by atoms with Crippen molar-refractivity contribution in [2.45, 2.75) is 13.1 Å². The average molecular weight is 488 g/mol. The first-order chi connectivity index (χ1) is 15.2. The Morgan fingerprint density at radius 3 is 2.44 bits per heavy atom. The molecule has 1 saturated heterocycles. The van der Waals surface area contributed by atoms with Crippen molar-refractivity contribution in [1.82, 2.24) is 24.4 Å². The first-order valence-corrected chi connectivity index (χ1v) is 10.8. The molecule has 0 atom stereocenters. The smallest absolute Gasteiger partial charge is 0.433 e. The maximum absolute atomic E-state index is 13.7. The minimum atomic E-state index is -4.71. The summed E-state index contributed by atoms with van der Waals surface area (Å²) in [5.74, 6) is -0.534. The normalized spacial score (nSPS) is 14.8. The predicted molar refractivity (Wildman–Crippen MR) is 111 cm³/mol. The summed E-state index contributed by atoms with van der Waals surface area (Å²) in [6.07, 6.45) is -5.18. The van der Waals surface area contributed by atoms with Crippen LogP contribution in [0.15, 0.2) is 24.3 Å². The van der Waals surface area contributed by atoms with Crippen LogP contribution < -0.4 is 0 Å². The Morgan fingerprint density at radius 1 is 1.16 bits per heavy atom. The van der Waals surface area contributed by atoms with Gasteiger partial charge >= 0.3 is 12.3 Å². The summed E-state index contributed by atoms with van der Waals surface area (Å²) in [5.41, 5.74) is -1.22. The van der Waals surface area contributed by atoms with Crippen LogP contribution in [-0.4, -0.2) is 69.2 Å². The van der Waals surface area contributed by atoms with Gasteiger partial charge in [-0.05, 0) is 25.1 Å². The first-order valence-electron chi connectivity index (χ1n) is 9.62. The molecule has 170 valence electrons. The van der Waals surface area contributed by atoms with Gasteiger partial charge in [0.15, 0.2) is 17.0 Å². The Hall–Kier alpha value is -2.86. The van der Waals surface area contributed by atoms with Crippen molar-refractivity contribution < 1.29 is 27.5 Å². The number of rotatable bonds is 3. The lowest BCUT2D eigenvalue weighted by atomic mass is 10.2. The number of fused-ring (bicyclic) bond motifs is 1. The number of amides is 2. The minimum absolute atomic E-state index is 0.0867. The number of carbonyl (C=O) groups is 2. The molecule has 0 N–H and O–H groups in total. The molecule has 0 saturated carbocycles. The summed E-state index contributed by atoms with van der Waals surface area (Å²) in [5, 5.41) is 3.89. The second-order valence-electron chi connectivity index (χ2n) is 6.91. The molecule has 0 spiro atoms. The summed E-state index contributed by atoms with van der Waals surface area (Å²) >= 11 is 7.00. The van der Waals surface area contributed by atoms with Crippen molar-refractivity contribution >= 4 is 40.6 Å². The molecule has 3 aromatic heterocycles. The number of aromatic nitrogens is 3. The van der Waals surface area contributed by atoms with Gasteiger partial charge in [0.1, 0.15) is 0 Å². The van der Waals surface area contributed by atoms with Crippen LogP contribution >= 0.6 is 22.9 Å². The fourth-order valence-electron chi connectivity index (χ4n) is 3.33. The Morgan fingerprint density at radius 2 is 1.84 bits per heavy atom. The fourth-order valence-corrected chi connectivity index (χ4v) is 4.33. The molecule has 8 nitrogen and oxygen atoms in total. The van der Waals surface area contributed by atoms with Crippen LogP contribution in [0.2, 0.25) is 4.34 Å². The molecule has 4 rings (SSSR count). The van der Waals surface area contributed by atoms with E-state index in [1.54, 1.807) is 19.1 Å². The van der Waals surface area contributed by atoms with E-state index in [0.717, 1.165) is 17.4 Å². The van der Waals surface area contributed by atoms with Crippen LogP contribution in [0, 0.1) is 0 Å². The molecule has 1 aliphatic heterocycles. The SMILES string of the molecule is CCOC(=O)N1CCN(C(=O)c2cc3nc(-c4ccc(Cl)s4)cc(C(F)(F)F)n3n2)CC1. The molecule has 0 bridgehead atoms. The van der Waals surface area contributed by atoms with E-state index in [9.17, 15) is 22.8 Å². The van der Waals surface area contributed by atoms with Gasteiger partial charge < -0.3 is 14.5 Å². The minimum Gasteiger partial charge on any atom is -0.450 e. The van der Waals surface area contributed by atoms with Gasteiger partial charge in [0.25, 0.3) is 5.91 Å². The van der Waals surface area contributed by atoms with Gasteiger partial charge in [-0.15, -0.1) is 11.3 Å². The number of thiophene rings is 1. The van der Waals surface area contributed by atoms with Gasteiger partial charge in [-0.25, -0.2) is 14.3 Å². The molecule has 4 heterocycles. The molecule has 13 heteroatoms. The Labute approximate surface area is 189 Å². The van der Waals surface area contributed by atoms with E-state index in [4.69, 9.17) is 16.3 Å². The van der Waals surface area contributed by atoms with Crippen LogP contribution in [0.1, 0.15) is 23.1 Å². The van der Waals surface area contributed by atoms with Gasteiger partial charge in [0.2, 0.25) is 0 Å². The summed E-state index contributed by atoms with van der Waals surface area (Å²) < 4.78 is 47.1. The second-order valence-corrected chi connectivity index (χ2v) is 8.62. The summed E-state index contributed by atoms with van der Waals surface area (Å²) in [7, 11) is 0. The molecule has 3 aromatic rings. The number of alkyl halides is 3. The molecule has 1 aliphatic rings. The molecular weight excluding hydrogens is 471 g/mol. The summed E-state index contributed by atoms with van der Waals surface area (Å²) in [4.78, 5) is 32.3. The van der Waals surface area contributed by atoms with Crippen molar-refractivity contribution in [3.8, 4) is 10.6 Å². The number of hydrogen-bond acceptors (Lipinski definition) is 6. The van der Waals surface area contributed by atoms with Gasteiger partial charge in [0, 0.05) is 32.2 Å². The third kappa shape index (κ3) is 4.37. The maximum atomic E-state index is 13.7. The van der Waals surface area contributed by atoms with Crippen molar-refractivity contribution in [3.05, 3.63) is 40.0 Å². The molecule has 2 amide bonds. The molecule has 0 unspecified atom stereocenters. The fraction of sp³-hybridized carbons (Fsp3) is 0.368. The molecule has 0 aromatic carbocycles. The van der Waals surface area contributed by atoms with Gasteiger partial charge in [-0.3, -0.25) is 4.79 Å². The van der Waals surface area contributed by atoms with E-state index >= 15 is 0 Å². The average Bonchev–Trinajstić information content (AvgIpc) is 3.38. The van der Waals surface area contributed by atoms with Crippen LogP contribution in [-0.2, 0) is 10.9 Å². The van der Waals surface area contributed by atoms with Crippen molar-refractivity contribution in [3.63, 3.8) is 0 Å². The number of halogens is 4. The standard InChI is InChI=1S/C19H17ClF3N5O3S/c1-2-31-18(30)27-7-5-26(6-8-27)17(29)12-10-16-24-11(13-3-4-15(20)32-13)9-14(19(21,22)23)28(16)25-12/h3-4,9-10H,2,5-8H2,1H3. The number of hydrogen-bond donors (Lipinski definition) is 0. The molecular formula is C19H17ClF3N5O3S. The lowest BCUT2D eigenvalue weighted by molar-refractivity contribution is -0.142. The monoisotopic (exact) mass is 487 g/mol. The van der Waals surface area contributed by atoms with E-state index in [2.05, 4.69) is 10.1 Å². The van der Waals surface area contributed by atoms with E-state index < -0.39 is 23.9 Å². The zero-order chi connectivity index (χ0) is 23.0. The van der Waals surface area contributed by atoms with Gasteiger partial charge in [-0.2, -0.15) is 18.3 Å². The van der Waals surface area contributed by atoms with Crippen LogP contribution in [0.4, 0.5) is 18.0 Å². The highest BCUT2D eigenvalue weighted by atomic mass is 35.5. The summed E-state index contributed by atoms with van der Waals surface area (Å²) in [6, 6.07) is 5.27. The zero-order valence-electron chi connectivity index (χ0n) is 16.7. The largest absolute Gasteiger partial charge is 0.450 e. The Balaban J connectivity index is 1.63. The number of ether oxygens (including phenoxy) is 1. The van der Waals surface area contributed by atoms with Crippen molar-refractivity contribution in [1.29, 1.82) is 0 Å². The third-order valence-electron chi connectivity index (χ3n) is 4.86. The van der Waals surface area contributed by atoms with Gasteiger partial charge in [0.05, 0.1) is 21.5 Å². The van der Waals surface area contributed by atoms with Crippen molar-refractivity contribution in [2.75, 3.05) is 32.8 Å². The summed E-state index contributed by atoms with van der Waals surface area (Å²) in [6.45, 7) is 2.88. The quantitative estimate of drug-likeness (QED) is 0.557. The Kier molecular flexibility index (Phi) is 5.99. The second kappa shape index (κ2) is 8.58. The highest BCUT2D eigenvalue weighted by Crippen LogP contribution is 2.35. The molecule has 1 fully saturated rings. The molecule has 0 radical (unpaired) electrons. The van der Waals surface area contributed by atoms with E-state index in [0.29, 0.717) is 13.7 Å². The molecule has 32 heavy (non-hydrogen) atoms. The third-order valence-corrected chi connectivity index (χ3v) is 6.11. The number of carbonyl (C=O) groups excluding carboxylic acids is 2. The zero-order valence-corrected chi connectivity index (χ0v) is 18.3. The predicted octanol–water partition coefficient (Wildman–Crippen LogP) is 4.04. The highest BCUT2D eigenvalue weighted by Gasteiger charge is 2.36. The van der Waals surface area contributed by atoms with Crippen LogP contribution in [0.5, 0.6) is 0 Å². The van der Waals surface area contributed by atoms with Crippen molar-refractivity contribution in [2.24, 2.45) is 0 Å². The maximum Gasteiger partial charge on any atom is 0.433 e. The van der Waals surface area contributed by atoms with Gasteiger partial charge in [-0.1, -0.05) is 11.6 Å². The van der Waals surface area contributed by atoms with Crippen LogP contribution in [0.25, 0.3) is 16.2 Å². The lowest BCUT2D eigenvalue weighted by Gasteiger charge is -2.33.